The molecule has 0 N–H and O–H groups in total. The number of hydrogen-bond acceptors (Lipinski definition) is 3. The van der Waals surface area contributed by atoms with Gasteiger partial charge in [0, 0.05) is 22.1 Å². The van der Waals surface area contributed by atoms with Gasteiger partial charge in [-0.05, 0) is 80.8 Å². The van der Waals surface area contributed by atoms with Crippen molar-refractivity contribution in [2.45, 2.75) is 0 Å². The third-order valence-electron chi connectivity index (χ3n) is 7.59. The number of para-hydroxylation sites is 2. The zero-order valence-corrected chi connectivity index (χ0v) is 20.3. The van der Waals surface area contributed by atoms with Crippen molar-refractivity contribution in [2.24, 2.45) is 0 Å². The standard InChI is InChI=1S/C35H20N2O/c36-21-22-11-17-27(18-12-22)37(31-9-4-8-30-29-7-1-2-10-32(29)38-35(30)31)28-19-25-15-13-23-5-3-6-24-14-16-26(20-28)34(25)33(23)24/h1-20H. The van der Waals surface area contributed by atoms with E-state index in [2.05, 4.69) is 89.8 Å². The van der Waals surface area contributed by atoms with Crippen molar-refractivity contribution in [1.82, 2.24) is 0 Å². The Morgan fingerprint density at radius 3 is 1.92 bits per heavy atom. The summed E-state index contributed by atoms with van der Waals surface area (Å²) in [6.45, 7) is 0. The zero-order valence-electron chi connectivity index (χ0n) is 20.3. The first-order valence-corrected chi connectivity index (χ1v) is 12.7. The fraction of sp³-hybridized carbons (Fsp3) is 0. The molecule has 1 aromatic heterocycles. The van der Waals surface area contributed by atoms with Crippen molar-refractivity contribution >= 4 is 71.3 Å². The van der Waals surface area contributed by atoms with E-state index in [1.54, 1.807) is 0 Å². The minimum Gasteiger partial charge on any atom is -0.454 e. The molecule has 7 aromatic carbocycles. The van der Waals surface area contributed by atoms with Crippen LogP contribution >= 0.6 is 0 Å². The Labute approximate surface area is 218 Å². The molecule has 176 valence electrons. The monoisotopic (exact) mass is 484 g/mol. The average molecular weight is 485 g/mol. The predicted octanol–water partition coefficient (Wildman–Crippen LogP) is 9.82. The fourth-order valence-electron chi connectivity index (χ4n) is 5.89. The van der Waals surface area contributed by atoms with Gasteiger partial charge in [0.25, 0.3) is 0 Å². The van der Waals surface area contributed by atoms with E-state index >= 15 is 0 Å². The topological polar surface area (TPSA) is 40.2 Å². The van der Waals surface area contributed by atoms with E-state index in [0.29, 0.717) is 5.56 Å². The quantitative estimate of drug-likeness (QED) is 0.234. The first kappa shape index (κ1) is 20.8. The molecule has 0 atom stereocenters. The Hall–Kier alpha value is -5.33. The Balaban J connectivity index is 1.44. The SMILES string of the molecule is N#Cc1ccc(N(c2cc3ccc4cccc5ccc(c2)c3c45)c2cccc3c2oc2ccccc23)cc1. The lowest BCUT2D eigenvalue weighted by Crippen LogP contribution is -2.10. The number of furan rings is 1. The summed E-state index contributed by atoms with van der Waals surface area (Å²) in [6, 6.07) is 44.3. The molecular formula is C35H20N2O. The molecule has 0 saturated heterocycles. The van der Waals surface area contributed by atoms with Gasteiger partial charge in [0.2, 0.25) is 0 Å². The molecule has 3 nitrogen and oxygen atoms in total. The molecule has 1 heterocycles. The van der Waals surface area contributed by atoms with Crippen molar-refractivity contribution in [3.05, 3.63) is 127 Å². The van der Waals surface area contributed by atoms with Crippen LogP contribution in [0, 0.1) is 11.3 Å². The first-order valence-electron chi connectivity index (χ1n) is 12.7. The minimum atomic E-state index is 0.631. The second kappa shape index (κ2) is 7.83. The summed E-state index contributed by atoms with van der Waals surface area (Å²) >= 11 is 0. The fourth-order valence-corrected chi connectivity index (χ4v) is 5.89. The Bertz CT molecular complexity index is 2140. The van der Waals surface area contributed by atoms with Crippen LogP contribution in [0.4, 0.5) is 17.1 Å². The number of nitriles is 1. The molecule has 0 bridgehead atoms. The lowest BCUT2D eigenvalue weighted by atomic mass is 9.93. The number of fused-ring (bicyclic) bond motifs is 3. The van der Waals surface area contributed by atoms with Crippen LogP contribution in [0.25, 0.3) is 54.3 Å². The largest absolute Gasteiger partial charge is 0.454 e. The van der Waals surface area contributed by atoms with E-state index < -0.39 is 0 Å². The number of benzene rings is 7. The van der Waals surface area contributed by atoms with E-state index in [1.807, 2.05) is 42.5 Å². The lowest BCUT2D eigenvalue weighted by molar-refractivity contribution is 0.669. The van der Waals surface area contributed by atoms with Crippen LogP contribution in [0.5, 0.6) is 0 Å². The van der Waals surface area contributed by atoms with Crippen molar-refractivity contribution in [2.75, 3.05) is 4.90 Å². The predicted molar refractivity (Wildman–Crippen MR) is 157 cm³/mol. The third-order valence-corrected chi connectivity index (χ3v) is 7.59. The summed E-state index contributed by atoms with van der Waals surface area (Å²) in [6.07, 6.45) is 0. The third kappa shape index (κ3) is 2.95. The molecule has 0 saturated carbocycles. The lowest BCUT2D eigenvalue weighted by Gasteiger charge is -2.26. The van der Waals surface area contributed by atoms with Crippen LogP contribution in [0.15, 0.2) is 126 Å². The van der Waals surface area contributed by atoms with Crippen LogP contribution in [0.3, 0.4) is 0 Å². The van der Waals surface area contributed by atoms with Gasteiger partial charge >= 0.3 is 0 Å². The molecule has 0 spiro atoms. The molecular weight excluding hydrogens is 464 g/mol. The van der Waals surface area contributed by atoms with Gasteiger partial charge in [0.05, 0.1) is 17.3 Å². The van der Waals surface area contributed by atoms with E-state index in [-0.39, 0.29) is 0 Å². The summed E-state index contributed by atoms with van der Waals surface area (Å²) in [7, 11) is 0. The van der Waals surface area contributed by atoms with Gasteiger partial charge in [-0.2, -0.15) is 5.26 Å². The van der Waals surface area contributed by atoms with E-state index in [1.165, 1.54) is 32.3 Å². The smallest absolute Gasteiger partial charge is 0.159 e. The van der Waals surface area contributed by atoms with Crippen molar-refractivity contribution < 1.29 is 4.42 Å². The summed E-state index contributed by atoms with van der Waals surface area (Å²) < 4.78 is 6.46. The molecule has 3 heteroatoms. The Morgan fingerprint density at radius 2 is 1.18 bits per heavy atom. The maximum atomic E-state index is 9.42. The van der Waals surface area contributed by atoms with E-state index in [0.717, 1.165) is 39.0 Å². The maximum absolute atomic E-state index is 9.42. The summed E-state index contributed by atoms with van der Waals surface area (Å²) in [4.78, 5) is 2.24. The summed E-state index contributed by atoms with van der Waals surface area (Å²) in [5.74, 6) is 0. The van der Waals surface area contributed by atoms with Gasteiger partial charge in [-0.1, -0.05) is 72.8 Å². The van der Waals surface area contributed by atoms with Gasteiger partial charge in [-0.3, -0.25) is 0 Å². The van der Waals surface area contributed by atoms with Crippen LogP contribution in [0.2, 0.25) is 0 Å². The van der Waals surface area contributed by atoms with Crippen molar-refractivity contribution in [3.63, 3.8) is 0 Å². The van der Waals surface area contributed by atoms with Crippen molar-refractivity contribution in [1.29, 1.82) is 5.26 Å². The molecule has 0 aliphatic carbocycles. The molecule has 0 amide bonds. The Morgan fingerprint density at radius 1 is 0.553 bits per heavy atom. The molecule has 0 aliphatic rings. The molecule has 0 fully saturated rings. The highest BCUT2D eigenvalue weighted by Gasteiger charge is 2.20. The molecule has 0 aliphatic heterocycles. The second-order valence-electron chi connectivity index (χ2n) is 9.72. The molecule has 8 aromatic rings. The van der Waals surface area contributed by atoms with Gasteiger partial charge < -0.3 is 9.32 Å². The van der Waals surface area contributed by atoms with Gasteiger partial charge in [0.1, 0.15) is 5.58 Å². The Kier molecular flexibility index (Phi) is 4.29. The molecule has 0 radical (unpaired) electrons. The normalized spacial score (nSPS) is 11.7. The first-order chi connectivity index (χ1) is 18.8. The van der Waals surface area contributed by atoms with E-state index in [9.17, 15) is 5.26 Å². The molecule has 8 rings (SSSR count). The number of hydrogen-bond donors (Lipinski definition) is 0. The van der Waals surface area contributed by atoms with E-state index in [4.69, 9.17) is 4.42 Å². The highest BCUT2D eigenvalue weighted by atomic mass is 16.3. The zero-order chi connectivity index (χ0) is 25.2. The molecule has 38 heavy (non-hydrogen) atoms. The van der Waals surface area contributed by atoms with Gasteiger partial charge in [0.15, 0.2) is 5.58 Å². The van der Waals surface area contributed by atoms with Gasteiger partial charge in [-0.25, -0.2) is 0 Å². The molecule has 0 unspecified atom stereocenters. The minimum absolute atomic E-state index is 0.631. The average Bonchev–Trinajstić information content (AvgIpc) is 3.36. The number of anilines is 3. The summed E-state index contributed by atoms with van der Waals surface area (Å²) in [5.41, 5.74) is 5.29. The maximum Gasteiger partial charge on any atom is 0.159 e. The van der Waals surface area contributed by atoms with Gasteiger partial charge in [-0.15, -0.1) is 0 Å². The van der Waals surface area contributed by atoms with Crippen LogP contribution < -0.4 is 4.90 Å². The van der Waals surface area contributed by atoms with Crippen LogP contribution in [-0.4, -0.2) is 0 Å². The second-order valence-corrected chi connectivity index (χ2v) is 9.72. The highest BCUT2D eigenvalue weighted by molar-refractivity contribution is 6.24. The number of nitrogens with zero attached hydrogens (tertiary/aromatic N) is 2. The highest BCUT2D eigenvalue weighted by Crippen LogP contribution is 2.44. The van der Waals surface area contributed by atoms with Crippen molar-refractivity contribution in [3.8, 4) is 6.07 Å². The summed E-state index contributed by atoms with van der Waals surface area (Å²) in [5, 5.41) is 19.1. The van der Waals surface area contributed by atoms with Crippen LogP contribution in [0.1, 0.15) is 5.56 Å². The number of rotatable bonds is 3. The van der Waals surface area contributed by atoms with Crippen LogP contribution in [-0.2, 0) is 0 Å².